The number of aromatic hydroxyl groups is 2. The first-order chi connectivity index (χ1) is 11.4. The third-order valence-electron chi connectivity index (χ3n) is 3.95. The SMILES string of the molecule is C[C@H]1CC[C@@H](O)C(=O)CCC/C=C/c2cc(O)cc(O)c2C(=O)O1. The Balaban J connectivity index is 2.32. The minimum Gasteiger partial charge on any atom is -0.508 e. The molecule has 24 heavy (non-hydrogen) atoms. The van der Waals surface area contributed by atoms with Gasteiger partial charge in [0.25, 0.3) is 0 Å². The summed E-state index contributed by atoms with van der Waals surface area (Å²) < 4.78 is 5.29. The van der Waals surface area contributed by atoms with Crippen molar-refractivity contribution in [3.63, 3.8) is 0 Å². The topological polar surface area (TPSA) is 104 Å². The van der Waals surface area contributed by atoms with Gasteiger partial charge in [-0.3, -0.25) is 4.79 Å². The molecule has 6 heteroatoms. The number of allylic oxidation sites excluding steroid dienone is 1. The van der Waals surface area contributed by atoms with E-state index in [1.807, 2.05) is 0 Å². The number of esters is 1. The van der Waals surface area contributed by atoms with Crippen LogP contribution >= 0.6 is 0 Å². The van der Waals surface area contributed by atoms with Crippen LogP contribution in [0.2, 0.25) is 0 Å². The third kappa shape index (κ3) is 4.58. The normalized spacial score (nSPS) is 24.6. The van der Waals surface area contributed by atoms with Crippen molar-refractivity contribution in [3.8, 4) is 11.5 Å². The van der Waals surface area contributed by atoms with Crippen LogP contribution in [0.5, 0.6) is 11.5 Å². The predicted octanol–water partition coefficient (Wildman–Crippen LogP) is 2.55. The fraction of sp³-hybridized carbons (Fsp3) is 0.444. The molecular weight excluding hydrogens is 312 g/mol. The highest BCUT2D eigenvalue weighted by Crippen LogP contribution is 2.30. The maximum atomic E-state index is 12.3. The Labute approximate surface area is 140 Å². The first-order valence-corrected chi connectivity index (χ1v) is 8.02. The Hall–Kier alpha value is -2.34. The molecule has 1 aliphatic heterocycles. The van der Waals surface area contributed by atoms with E-state index in [1.54, 1.807) is 19.1 Å². The molecule has 1 heterocycles. The summed E-state index contributed by atoms with van der Waals surface area (Å²) in [4.78, 5) is 24.1. The molecule has 2 rings (SSSR count). The molecule has 0 saturated heterocycles. The molecule has 0 spiro atoms. The van der Waals surface area contributed by atoms with Gasteiger partial charge in [0.2, 0.25) is 0 Å². The standard InChI is InChI=1S/C18H22O6/c1-11-7-8-15(21)14(20)6-4-2-3-5-12-9-13(19)10-16(22)17(12)18(23)24-11/h3,5,9-11,15,19,21-22H,2,4,6-8H2,1H3/b5-3+/t11-,15+/m0/s1. The van der Waals surface area contributed by atoms with Crippen LogP contribution in [0.4, 0.5) is 0 Å². The van der Waals surface area contributed by atoms with E-state index in [4.69, 9.17) is 4.74 Å². The van der Waals surface area contributed by atoms with E-state index in [0.29, 0.717) is 24.8 Å². The van der Waals surface area contributed by atoms with Crippen LogP contribution in [0.25, 0.3) is 6.08 Å². The van der Waals surface area contributed by atoms with E-state index in [2.05, 4.69) is 0 Å². The maximum absolute atomic E-state index is 12.3. The fourth-order valence-electron chi connectivity index (χ4n) is 2.61. The summed E-state index contributed by atoms with van der Waals surface area (Å²) in [5, 5.41) is 29.4. The quantitative estimate of drug-likeness (QED) is 0.630. The average molecular weight is 334 g/mol. The van der Waals surface area contributed by atoms with Gasteiger partial charge >= 0.3 is 5.97 Å². The molecule has 1 aliphatic rings. The first-order valence-electron chi connectivity index (χ1n) is 8.02. The number of Topliss-reactive ketones (excluding diaryl/α,β-unsaturated/α-hetero) is 1. The zero-order valence-corrected chi connectivity index (χ0v) is 13.6. The Morgan fingerprint density at radius 3 is 2.67 bits per heavy atom. The minimum absolute atomic E-state index is 0.00964. The fourth-order valence-corrected chi connectivity index (χ4v) is 2.61. The number of phenols is 2. The van der Waals surface area contributed by atoms with E-state index in [0.717, 1.165) is 6.07 Å². The lowest BCUT2D eigenvalue weighted by Gasteiger charge is -2.17. The number of cyclic esters (lactones) is 1. The lowest BCUT2D eigenvalue weighted by molar-refractivity contribution is -0.127. The summed E-state index contributed by atoms with van der Waals surface area (Å²) in [5.74, 6) is -1.43. The number of ether oxygens (including phenoxy) is 1. The van der Waals surface area contributed by atoms with Gasteiger partial charge in [0.05, 0.1) is 6.10 Å². The van der Waals surface area contributed by atoms with Crippen molar-refractivity contribution >= 4 is 17.8 Å². The largest absolute Gasteiger partial charge is 0.508 e. The smallest absolute Gasteiger partial charge is 0.342 e. The van der Waals surface area contributed by atoms with E-state index < -0.39 is 18.2 Å². The number of hydrogen-bond donors (Lipinski definition) is 3. The molecule has 6 nitrogen and oxygen atoms in total. The molecule has 1 aromatic rings. The molecule has 0 saturated carbocycles. The first kappa shape index (κ1) is 18.0. The van der Waals surface area contributed by atoms with Gasteiger partial charge in [-0.05, 0) is 44.2 Å². The summed E-state index contributed by atoms with van der Waals surface area (Å²) in [6.07, 6.45) is 3.76. The van der Waals surface area contributed by atoms with Crippen LogP contribution in [-0.2, 0) is 9.53 Å². The van der Waals surface area contributed by atoms with Crippen LogP contribution in [0, 0.1) is 0 Å². The Bertz CT molecular complexity index is 649. The van der Waals surface area contributed by atoms with Crippen molar-refractivity contribution < 1.29 is 29.6 Å². The molecule has 1 aromatic carbocycles. The zero-order valence-electron chi connectivity index (χ0n) is 13.6. The predicted molar refractivity (Wildman–Crippen MR) is 87.8 cm³/mol. The highest BCUT2D eigenvalue weighted by molar-refractivity contribution is 5.97. The zero-order chi connectivity index (χ0) is 17.7. The molecule has 0 aliphatic carbocycles. The number of rotatable bonds is 0. The van der Waals surface area contributed by atoms with Gasteiger partial charge in [-0.2, -0.15) is 0 Å². The van der Waals surface area contributed by atoms with Crippen molar-refractivity contribution in [3.05, 3.63) is 29.3 Å². The number of benzene rings is 1. The van der Waals surface area contributed by atoms with Crippen molar-refractivity contribution in [2.75, 3.05) is 0 Å². The molecule has 2 atom stereocenters. The number of aliphatic hydroxyl groups excluding tert-OH is 1. The van der Waals surface area contributed by atoms with Crippen LogP contribution in [0.3, 0.4) is 0 Å². The van der Waals surface area contributed by atoms with Gasteiger partial charge in [-0.15, -0.1) is 0 Å². The number of phenolic OH excluding ortho intramolecular Hbond substituents is 2. The number of aliphatic hydroxyl groups is 1. The van der Waals surface area contributed by atoms with Crippen molar-refractivity contribution in [1.82, 2.24) is 0 Å². The molecule has 0 aromatic heterocycles. The lowest BCUT2D eigenvalue weighted by atomic mass is 10.0. The molecule has 0 fully saturated rings. The number of carbonyl (C=O) groups is 2. The Kier molecular flexibility index (Phi) is 5.98. The van der Waals surface area contributed by atoms with Crippen molar-refractivity contribution in [2.24, 2.45) is 0 Å². The molecule has 130 valence electrons. The highest BCUT2D eigenvalue weighted by Gasteiger charge is 2.22. The second kappa shape index (κ2) is 7.97. The van der Waals surface area contributed by atoms with E-state index in [-0.39, 0.29) is 35.7 Å². The number of carbonyl (C=O) groups excluding carboxylic acids is 2. The second-order valence-corrected chi connectivity index (χ2v) is 6.00. The summed E-state index contributed by atoms with van der Waals surface area (Å²) in [7, 11) is 0. The average Bonchev–Trinajstić information content (AvgIpc) is 2.50. The Morgan fingerprint density at radius 2 is 1.92 bits per heavy atom. The van der Waals surface area contributed by atoms with Gasteiger partial charge in [-0.1, -0.05) is 12.2 Å². The van der Waals surface area contributed by atoms with Crippen molar-refractivity contribution in [2.45, 2.75) is 51.2 Å². The van der Waals surface area contributed by atoms with Gasteiger partial charge in [0, 0.05) is 12.5 Å². The summed E-state index contributed by atoms with van der Waals surface area (Å²) >= 11 is 0. The number of ketones is 1. The van der Waals surface area contributed by atoms with Crippen LogP contribution in [-0.4, -0.2) is 39.3 Å². The molecule has 0 bridgehead atoms. The Morgan fingerprint density at radius 1 is 1.17 bits per heavy atom. The van der Waals surface area contributed by atoms with Gasteiger partial charge in [0.1, 0.15) is 23.2 Å². The maximum Gasteiger partial charge on any atom is 0.342 e. The molecule has 0 radical (unpaired) electrons. The van der Waals surface area contributed by atoms with E-state index in [1.165, 1.54) is 6.07 Å². The number of hydrogen-bond acceptors (Lipinski definition) is 6. The lowest BCUT2D eigenvalue weighted by Crippen LogP contribution is -2.23. The van der Waals surface area contributed by atoms with Gasteiger partial charge in [0.15, 0.2) is 5.78 Å². The van der Waals surface area contributed by atoms with Gasteiger partial charge in [-0.25, -0.2) is 4.79 Å². The third-order valence-corrected chi connectivity index (χ3v) is 3.95. The summed E-state index contributed by atoms with van der Waals surface area (Å²) in [6, 6.07) is 2.46. The summed E-state index contributed by atoms with van der Waals surface area (Å²) in [6.45, 7) is 1.66. The second-order valence-electron chi connectivity index (χ2n) is 6.00. The van der Waals surface area contributed by atoms with Crippen LogP contribution < -0.4 is 0 Å². The van der Waals surface area contributed by atoms with E-state index >= 15 is 0 Å². The molecule has 0 amide bonds. The molecular formula is C18H22O6. The summed E-state index contributed by atoms with van der Waals surface area (Å²) in [5.41, 5.74) is 0.345. The van der Waals surface area contributed by atoms with Crippen LogP contribution in [0.1, 0.15) is 54.9 Å². The van der Waals surface area contributed by atoms with Crippen molar-refractivity contribution in [1.29, 1.82) is 0 Å². The monoisotopic (exact) mass is 334 g/mol. The van der Waals surface area contributed by atoms with Gasteiger partial charge < -0.3 is 20.1 Å². The molecule has 3 N–H and O–H groups in total. The minimum atomic E-state index is -1.05. The molecule has 0 unspecified atom stereocenters. The highest BCUT2D eigenvalue weighted by atomic mass is 16.5. The van der Waals surface area contributed by atoms with Crippen LogP contribution in [0.15, 0.2) is 18.2 Å². The number of fused-ring (bicyclic) bond motifs is 1. The van der Waals surface area contributed by atoms with E-state index in [9.17, 15) is 24.9 Å².